The van der Waals surface area contributed by atoms with Gasteiger partial charge < -0.3 is 4.74 Å². The van der Waals surface area contributed by atoms with Crippen molar-refractivity contribution in [3.63, 3.8) is 0 Å². The Morgan fingerprint density at radius 1 is 1.19 bits per heavy atom. The third-order valence-electron chi connectivity index (χ3n) is 2.81. The van der Waals surface area contributed by atoms with Gasteiger partial charge >= 0.3 is 0 Å². The molecular formula is C18H19NO2. The monoisotopic (exact) mass is 281 g/mol. The van der Waals surface area contributed by atoms with Crippen molar-refractivity contribution in [2.24, 2.45) is 5.92 Å². The number of carbonyl (C=O) groups is 1. The summed E-state index contributed by atoms with van der Waals surface area (Å²) < 4.78 is 5.62. The molecule has 0 amide bonds. The lowest BCUT2D eigenvalue weighted by Gasteiger charge is -2.08. The minimum Gasteiger partial charge on any atom is -0.493 e. The molecule has 0 bridgehead atoms. The summed E-state index contributed by atoms with van der Waals surface area (Å²) in [6.07, 6.45) is 4.93. The fraction of sp³-hybridized carbons (Fsp3) is 0.222. The van der Waals surface area contributed by atoms with Gasteiger partial charge in [0.15, 0.2) is 0 Å². The van der Waals surface area contributed by atoms with Gasteiger partial charge in [0.2, 0.25) is 5.78 Å². The number of nitrogens with zero attached hydrogens (tertiary/aromatic N) is 1. The predicted molar refractivity (Wildman–Crippen MR) is 84.4 cm³/mol. The van der Waals surface area contributed by atoms with Crippen LogP contribution in [0, 0.1) is 5.92 Å². The highest BCUT2D eigenvalue weighted by Crippen LogP contribution is 2.14. The van der Waals surface area contributed by atoms with Crippen molar-refractivity contribution in [3.05, 3.63) is 66.0 Å². The zero-order chi connectivity index (χ0) is 15.1. The van der Waals surface area contributed by atoms with Crippen LogP contribution in [0.15, 0.2) is 54.7 Å². The second kappa shape index (κ2) is 7.39. The second-order valence-electron chi connectivity index (χ2n) is 5.19. The van der Waals surface area contributed by atoms with Crippen molar-refractivity contribution in [1.82, 2.24) is 4.98 Å². The van der Waals surface area contributed by atoms with Crippen molar-refractivity contribution in [2.45, 2.75) is 13.8 Å². The Hall–Kier alpha value is -2.42. The van der Waals surface area contributed by atoms with Crippen LogP contribution in [-0.4, -0.2) is 17.4 Å². The Morgan fingerprint density at radius 2 is 1.95 bits per heavy atom. The zero-order valence-electron chi connectivity index (χ0n) is 12.3. The Morgan fingerprint density at radius 3 is 2.57 bits per heavy atom. The number of ketones is 1. The fourth-order valence-corrected chi connectivity index (χ4v) is 1.70. The summed E-state index contributed by atoms with van der Waals surface area (Å²) in [4.78, 5) is 15.9. The van der Waals surface area contributed by atoms with Crippen molar-refractivity contribution in [3.8, 4) is 5.75 Å². The van der Waals surface area contributed by atoms with E-state index in [2.05, 4.69) is 18.8 Å². The third kappa shape index (κ3) is 4.88. The summed E-state index contributed by atoms with van der Waals surface area (Å²) in [7, 11) is 0. The standard InChI is InChI=1S/C18H19NO2/c1-14(2)13-21-16-9-6-15(7-10-16)8-11-18(20)17-5-3-4-12-19-17/h3-12,14H,13H2,1-2H3/b11-8+. The number of ether oxygens (including phenoxy) is 1. The van der Waals surface area contributed by atoms with Crippen LogP contribution >= 0.6 is 0 Å². The molecule has 0 radical (unpaired) electrons. The molecule has 2 aromatic rings. The molecule has 0 spiro atoms. The molecule has 0 saturated carbocycles. The Labute approximate surface area is 125 Å². The molecule has 0 atom stereocenters. The van der Waals surface area contributed by atoms with Gasteiger partial charge in [-0.15, -0.1) is 0 Å². The van der Waals surface area contributed by atoms with E-state index in [-0.39, 0.29) is 5.78 Å². The summed E-state index contributed by atoms with van der Waals surface area (Å²) in [5, 5.41) is 0. The molecule has 1 heterocycles. The van der Waals surface area contributed by atoms with E-state index in [9.17, 15) is 4.79 Å². The maximum atomic E-state index is 11.9. The smallest absolute Gasteiger partial charge is 0.204 e. The lowest BCUT2D eigenvalue weighted by atomic mass is 10.1. The molecule has 3 nitrogen and oxygen atoms in total. The quantitative estimate of drug-likeness (QED) is 0.593. The fourth-order valence-electron chi connectivity index (χ4n) is 1.70. The van der Waals surface area contributed by atoms with Crippen molar-refractivity contribution >= 4 is 11.9 Å². The van der Waals surface area contributed by atoms with Crippen molar-refractivity contribution < 1.29 is 9.53 Å². The minimum atomic E-state index is -0.101. The molecular weight excluding hydrogens is 262 g/mol. The summed E-state index contributed by atoms with van der Waals surface area (Å²) in [5.74, 6) is 1.24. The van der Waals surface area contributed by atoms with Crippen LogP contribution in [0.4, 0.5) is 0 Å². The molecule has 0 aliphatic carbocycles. The molecule has 1 aromatic carbocycles. The predicted octanol–water partition coefficient (Wildman–Crippen LogP) is 4.01. The first-order valence-electron chi connectivity index (χ1n) is 7.01. The molecule has 0 N–H and O–H groups in total. The molecule has 0 aliphatic rings. The highest BCUT2D eigenvalue weighted by molar-refractivity contribution is 6.05. The van der Waals surface area contributed by atoms with Crippen LogP contribution < -0.4 is 4.74 Å². The number of hydrogen-bond donors (Lipinski definition) is 0. The average Bonchev–Trinajstić information content (AvgIpc) is 2.52. The summed E-state index contributed by atoms with van der Waals surface area (Å²) in [5.41, 5.74) is 1.40. The highest BCUT2D eigenvalue weighted by atomic mass is 16.5. The number of carbonyl (C=O) groups excluding carboxylic acids is 1. The average molecular weight is 281 g/mol. The topological polar surface area (TPSA) is 39.2 Å². The molecule has 0 aliphatic heterocycles. The van der Waals surface area contributed by atoms with Gasteiger partial charge in [0.25, 0.3) is 0 Å². The van der Waals surface area contributed by atoms with Crippen LogP contribution in [-0.2, 0) is 0 Å². The van der Waals surface area contributed by atoms with E-state index in [0.29, 0.717) is 18.2 Å². The van der Waals surface area contributed by atoms with E-state index < -0.39 is 0 Å². The van der Waals surface area contributed by atoms with Gasteiger partial charge in [0, 0.05) is 6.20 Å². The van der Waals surface area contributed by atoms with Crippen LogP contribution in [0.1, 0.15) is 29.9 Å². The van der Waals surface area contributed by atoms with Crippen molar-refractivity contribution in [2.75, 3.05) is 6.61 Å². The number of pyridine rings is 1. The Bertz CT molecular complexity index is 601. The molecule has 108 valence electrons. The molecule has 3 heteroatoms. The van der Waals surface area contributed by atoms with Gasteiger partial charge in [-0.3, -0.25) is 9.78 Å². The molecule has 2 rings (SSSR count). The summed E-state index contributed by atoms with van der Waals surface area (Å²) in [6, 6.07) is 13.0. The molecule has 21 heavy (non-hydrogen) atoms. The first kappa shape index (κ1) is 15.0. The van der Waals surface area contributed by atoms with Gasteiger partial charge in [-0.2, -0.15) is 0 Å². The SMILES string of the molecule is CC(C)COc1ccc(/C=C/C(=O)c2ccccn2)cc1. The maximum absolute atomic E-state index is 11.9. The number of aromatic nitrogens is 1. The van der Waals surface area contributed by atoms with E-state index in [1.807, 2.05) is 24.3 Å². The van der Waals surface area contributed by atoms with E-state index in [0.717, 1.165) is 11.3 Å². The van der Waals surface area contributed by atoms with Gasteiger partial charge in [0.05, 0.1) is 6.61 Å². The van der Waals surface area contributed by atoms with E-state index in [4.69, 9.17) is 4.74 Å². The number of benzene rings is 1. The number of hydrogen-bond acceptors (Lipinski definition) is 3. The van der Waals surface area contributed by atoms with Crippen LogP contribution in [0.2, 0.25) is 0 Å². The molecule has 0 fully saturated rings. The van der Waals surface area contributed by atoms with Crippen molar-refractivity contribution in [1.29, 1.82) is 0 Å². The van der Waals surface area contributed by atoms with E-state index in [1.54, 1.807) is 30.5 Å². The molecule has 1 aromatic heterocycles. The lowest BCUT2D eigenvalue weighted by molar-refractivity contribution is 0.104. The largest absolute Gasteiger partial charge is 0.493 e. The Kier molecular flexibility index (Phi) is 5.27. The third-order valence-corrected chi connectivity index (χ3v) is 2.81. The van der Waals surface area contributed by atoms with Crippen LogP contribution in [0.25, 0.3) is 6.08 Å². The lowest BCUT2D eigenvalue weighted by Crippen LogP contribution is -2.04. The number of rotatable bonds is 6. The second-order valence-corrected chi connectivity index (χ2v) is 5.19. The summed E-state index contributed by atoms with van der Waals surface area (Å²) in [6.45, 7) is 4.92. The van der Waals surface area contributed by atoms with E-state index >= 15 is 0 Å². The van der Waals surface area contributed by atoms with Gasteiger partial charge in [-0.25, -0.2) is 0 Å². The first-order valence-corrected chi connectivity index (χ1v) is 7.01. The number of allylic oxidation sites excluding steroid dienone is 1. The van der Waals surface area contributed by atoms with Gasteiger partial charge in [0.1, 0.15) is 11.4 Å². The minimum absolute atomic E-state index is 0.101. The van der Waals surface area contributed by atoms with E-state index in [1.165, 1.54) is 6.08 Å². The summed E-state index contributed by atoms with van der Waals surface area (Å²) >= 11 is 0. The van der Waals surface area contributed by atoms with Crippen LogP contribution in [0.5, 0.6) is 5.75 Å². The van der Waals surface area contributed by atoms with Gasteiger partial charge in [-0.05, 0) is 41.8 Å². The van der Waals surface area contributed by atoms with Gasteiger partial charge in [-0.1, -0.05) is 38.1 Å². The normalized spacial score (nSPS) is 11.0. The zero-order valence-corrected chi connectivity index (χ0v) is 12.3. The molecule has 0 unspecified atom stereocenters. The first-order chi connectivity index (χ1) is 10.1. The molecule has 0 saturated heterocycles. The van der Waals surface area contributed by atoms with Crippen LogP contribution in [0.3, 0.4) is 0 Å². The maximum Gasteiger partial charge on any atom is 0.204 e. The highest BCUT2D eigenvalue weighted by Gasteiger charge is 2.01. The Balaban J connectivity index is 1.97.